The van der Waals surface area contributed by atoms with Crippen LogP contribution in [0.15, 0.2) is 54.6 Å². The molecule has 0 saturated heterocycles. The van der Waals surface area contributed by atoms with Crippen molar-refractivity contribution in [2.75, 3.05) is 6.54 Å². The maximum absolute atomic E-state index is 5.96. The largest absolute Gasteiger partial charge is 0.457 e. The van der Waals surface area contributed by atoms with Gasteiger partial charge < -0.3 is 10.5 Å². The second-order valence-electron chi connectivity index (χ2n) is 4.79. The molecule has 18 heavy (non-hydrogen) atoms. The van der Waals surface area contributed by atoms with Crippen LogP contribution in [0.3, 0.4) is 0 Å². The molecule has 0 radical (unpaired) electrons. The van der Waals surface area contributed by atoms with Crippen molar-refractivity contribution in [2.24, 2.45) is 11.7 Å². The van der Waals surface area contributed by atoms with Crippen LogP contribution < -0.4 is 10.5 Å². The van der Waals surface area contributed by atoms with Gasteiger partial charge in [-0.1, -0.05) is 36.4 Å². The zero-order chi connectivity index (χ0) is 12.4. The third-order valence-electron chi connectivity index (χ3n) is 3.51. The second kappa shape index (κ2) is 4.83. The van der Waals surface area contributed by atoms with E-state index in [-0.39, 0.29) is 0 Å². The van der Waals surface area contributed by atoms with Gasteiger partial charge in [-0.2, -0.15) is 0 Å². The van der Waals surface area contributed by atoms with Crippen molar-refractivity contribution in [3.05, 3.63) is 60.2 Å². The quantitative estimate of drug-likeness (QED) is 0.885. The predicted octanol–water partition coefficient (Wildman–Crippen LogP) is 3.54. The Morgan fingerprint density at radius 3 is 2.44 bits per heavy atom. The van der Waals surface area contributed by atoms with Crippen LogP contribution in [0.25, 0.3) is 0 Å². The molecule has 2 nitrogen and oxygen atoms in total. The van der Waals surface area contributed by atoms with Crippen LogP contribution in [0.4, 0.5) is 0 Å². The summed E-state index contributed by atoms with van der Waals surface area (Å²) in [5.41, 5.74) is 7.01. The highest BCUT2D eigenvalue weighted by Gasteiger charge is 2.38. The standard InChI is InChI=1S/C16H17NO/c17-11-12-10-15(12)14-8-4-5-9-16(14)18-13-6-2-1-3-7-13/h1-9,12,15H,10-11,17H2/t12-,15+/m0/s1. The molecule has 92 valence electrons. The van der Waals surface area contributed by atoms with E-state index in [1.165, 1.54) is 12.0 Å². The van der Waals surface area contributed by atoms with Gasteiger partial charge in [0.05, 0.1) is 0 Å². The zero-order valence-electron chi connectivity index (χ0n) is 10.3. The molecule has 0 bridgehead atoms. The first-order valence-electron chi connectivity index (χ1n) is 6.40. The lowest BCUT2D eigenvalue weighted by atomic mass is 10.1. The summed E-state index contributed by atoms with van der Waals surface area (Å²) < 4.78 is 5.96. The van der Waals surface area contributed by atoms with Gasteiger partial charge in [-0.05, 0) is 48.6 Å². The molecular formula is C16H17NO. The van der Waals surface area contributed by atoms with Crippen LogP contribution >= 0.6 is 0 Å². The van der Waals surface area contributed by atoms with Crippen LogP contribution in [0.5, 0.6) is 11.5 Å². The second-order valence-corrected chi connectivity index (χ2v) is 4.79. The van der Waals surface area contributed by atoms with E-state index in [2.05, 4.69) is 12.1 Å². The Morgan fingerprint density at radius 2 is 1.72 bits per heavy atom. The van der Waals surface area contributed by atoms with E-state index in [0.717, 1.165) is 18.0 Å². The Bertz CT molecular complexity index is 524. The van der Waals surface area contributed by atoms with Crippen LogP contribution in [0.1, 0.15) is 17.9 Å². The van der Waals surface area contributed by atoms with Crippen LogP contribution in [0, 0.1) is 5.92 Å². The molecule has 3 rings (SSSR count). The minimum absolute atomic E-state index is 0.579. The fourth-order valence-electron chi connectivity index (χ4n) is 2.38. The highest BCUT2D eigenvalue weighted by atomic mass is 16.5. The SMILES string of the molecule is NC[C@@H]1C[C@H]1c1ccccc1Oc1ccccc1. The topological polar surface area (TPSA) is 35.2 Å². The lowest BCUT2D eigenvalue weighted by Gasteiger charge is -2.10. The molecule has 1 aliphatic rings. The Hall–Kier alpha value is -1.80. The molecule has 1 aliphatic carbocycles. The van der Waals surface area contributed by atoms with E-state index >= 15 is 0 Å². The third-order valence-corrected chi connectivity index (χ3v) is 3.51. The van der Waals surface area contributed by atoms with Crippen molar-refractivity contribution in [1.29, 1.82) is 0 Å². The fourth-order valence-corrected chi connectivity index (χ4v) is 2.38. The van der Waals surface area contributed by atoms with Gasteiger partial charge >= 0.3 is 0 Å². The summed E-state index contributed by atoms with van der Waals surface area (Å²) in [5, 5.41) is 0. The summed E-state index contributed by atoms with van der Waals surface area (Å²) in [5.74, 6) is 3.06. The normalized spacial score (nSPS) is 21.6. The smallest absolute Gasteiger partial charge is 0.130 e. The van der Waals surface area contributed by atoms with Gasteiger partial charge in [-0.25, -0.2) is 0 Å². The molecule has 2 atom stereocenters. The number of benzene rings is 2. The van der Waals surface area contributed by atoms with Crippen molar-refractivity contribution >= 4 is 0 Å². The summed E-state index contributed by atoms with van der Waals surface area (Å²) in [6, 6.07) is 18.2. The van der Waals surface area contributed by atoms with Crippen LogP contribution in [-0.2, 0) is 0 Å². The first-order chi connectivity index (χ1) is 8.88. The van der Waals surface area contributed by atoms with Crippen molar-refractivity contribution in [1.82, 2.24) is 0 Å². The van der Waals surface area contributed by atoms with Crippen LogP contribution in [-0.4, -0.2) is 6.54 Å². The minimum atomic E-state index is 0.579. The van der Waals surface area contributed by atoms with Gasteiger partial charge in [0, 0.05) is 0 Å². The highest BCUT2D eigenvalue weighted by Crippen LogP contribution is 2.50. The molecule has 0 spiro atoms. The Balaban J connectivity index is 1.84. The van der Waals surface area contributed by atoms with Gasteiger partial charge in [0.1, 0.15) is 11.5 Å². The van der Waals surface area contributed by atoms with Gasteiger partial charge in [0.15, 0.2) is 0 Å². The monoisotopic (exact) mass is 239 g/mol. The Morgan fingerprint density at radius 1 is 1.00 bits per heavy atom. The molecule has 0 aliphatic heterocycles. The van der Waals surface area contributed by atoms with Crippen LogP contribution in [0.2, 0.25) is 0 Å². The number of rotatable bonds is 4. The summed E-state index contributed by atoms with van der Waals surface area (Å²) in [6.07, 6.45) is 1.19. The molecule has 1 saturated carbocycles. The molecular weight excluding hydrogens is 222 g/mol. The predicted molar refractivity (Wildman–Crippen MR) is 72.9 cm³/mol. The lowest BCUT2D eigenvalue weighted by molar-refractivity contribution is 0.475. The lowest BCUT2D eigenvalue weighted by Crippen LogP contribution is -2.02. The van der Waals surface area contributed by atoms with Gasteiger partial charge in [0.25, 0.3) is 0 Å². The van der Waals surface area contributed by atoms with Crippen molar-refractivity contribution in [2.45, 2.75) is 12.3 Å². The molecule has 2 aromatic carbocycles. The molecule has 0 aromatic heterocycles. The number of hydrogen-bond donors (Lipinski definition) is 1. The molecule has 2 heteroatoms. The number of nitrogens with two attached hydrogens (primary N) is 1. The Labute approximate surface area is 107 Å². The van der Waals surface area contributed by atoms with E-state index in [0.29, 0.717) is 11.8 Å². The maximum atomic E-state index is 5.96. The molecule has 0 unspecified atom stereocenters. The minimum Gasteiger partial charge on any atom is -0.457 e. The first-order valence-corrected chi connectivity index (χ1v) is 6.40. The Kier molecular flexibility index (Phi) is 3.03. The zero-order valence-corrected chi connectivity index (χ0v) is 10.3. The van der Waals surface area contributed by atoms with E-state index in [1.807, 2.05) is 42.5 Å². The third kappa shape index (κ3) is 2.24. The summed E-state index contributed by atoms with van der Waals surface area (Å²) in [4.78, 5) is 0. The number of ether oxygens (including phenoxy) is 1. The van der Waals surface area contributed by atoms with Crippen molar-refractivity contribution < 1.29 is 4.74 Å². The van der Waals surface area contributed by atoms with Crippen molar-refractivity contribution in [3.63, 3.8) is 0 Å². The van der Waals surface area contributed by atoms with Crippen molar-refractivity contribution in [3.8, 4) is 11.5 Å². The summed E-state index contributed by atoms with van der Waals surface area (Å²) >= 11 is 0. The molecule has 0 heterocycles. The van der Waals surface area contributed by atoms with E-state index in [9.17, 15) is 0 Å². The summed E-state index contributed by atoms with van der Waals surface area (Å²) in [6.45, 7) is 0.768. The van der Waals surface area contributed by atoms with E-state index in [4.69, 9.17) is 10.5 Å². The number of para-hydroxylation sites is 2. The van der Waals surface area contributed by atoms with Gasteiger partial charge in [0.2, 0.25) is 0 Å². The van der Waals surface area contributed by atoms with E-state index < -0.39 is 0 Å². The van der Waals surface area contributed by atoms with E-state index in [1.54, 1.807) is 0 Å². The number of hydrogen-bond acceptors (Lipinski definition) is 2. The fraction of sp³-hybridized carbons (Fsp3) is 0.250. The molecule has 0 amide bonds. The average molecular weight is 239 g/mol. The average Bonchev–Trinajstić information content (AvgIpc) is 3.20. The van der Waals surface area contributed by atoms with Gasteiger partial charge in [-0.15, -0.1) is 0 Å². The molecule has 1 fully saturated rings. The molecule has 2 aromatic rings. The summed E-state index contributed by atoms with van der Waals surface area (Å²) in [7, 11) is 0. The molecule has 2 N–H and O–H groups in total. The first kappa shape index (κ1) is 11.3. The maximum Gasteiger partial charge on any atom is 0.130 e. The van der Waals surface area contributed by atoms with Gasteiger partial charge in [-0.3, -0.25) is 0 Å². The highest BCUT2D eigenvalue weighted by molar-refractivity contribution is 5.42.